The molecule has 24 heavy (non-hydrogen) atoms. The van der Waals surface area contributed by atoms with Gasteiger partial charge in [0.1, 0.15) is 0 Å². The van der Waals surface area contributed by atoms with Gasteiger partial charge in [0.25, 0.3) is 5.91 Å². The van der Waals surface area contributed by atoms with Crippen LogP contribution in [-0.4, -0.2) is 50.3 Å². The molecule has 0 saturated heterocycles. The summed E-state index contributed by atoms with van der Waals surface area (Å²) in [4.78, 5) is 13.6. The van der Waals surface area contributed by atoms with Crippen LogP contribution in [0.15, 0.2) is 24.3 Å². The molecule has 0 saturated carbocycles. The monoisotopic (exact) mass is 348 g/mol. The SMILES string of the molecule is CN(CC(C)(C)CN)C(=O)COc1ccccc1OCC(F)(F)F. The van der Waals surface area contributed by atoms with Crippen molar-refractivity contribution >= 4 is 5.91 Å². The highest BCUT2D eigenvalue weighted by atomic mass is 19.4. The van der Waals surface area contributed by atoms with E-state index in [-0.39, 0.29) is 29.4 Å². The van der Waals surface area contributed by atoms with Gasteiger partial charge in [-0.15, -0.1) is 0 Å². The van der Waals surface area contributed by atoms with E-state index >= 15 is 0 Å². The third-order valence-electron chi connectivity index (χ3n) is 3.24. The third-order valence-corrected chi connectivity index (χ3v) is 3.24. The molecule has 0 spiro atoms. The highest BCUT2D eigenvalue weighted by molar-refractivity contribution is 5.77. The Labute approximate surface area is 139 Å². The van der Waals surface area contributed by atoms with E-state index in [2.05, 4.69) is 0 Å². The number of alkyl halides is 3. The van der Waals surface area contributed by atoms with Gasteiger partial charge >= 0.3 is 6.18 Å². The van der Waals surface area contributed by atoms with Gasteiger partial charge in [-0.2, -0.15) is 13.2 Å². The molecule has 0 aromatic heterocycles. The van der Waals surface area contributed by atoms with Crippen molar-refractivity contribution in [2.24, 2.45) is 11.1 Å². The topological polar surface area (TPSA) is 64.8 Å². The number of ether oxygens (including phenoxy) is 2. The van der Waals surface area contributed by atoms with Crippen molar-refractivity contribution in [3.05, 3.63) is 24.3 Å². The maximum Gasteiger partial charge on any atom is 0.422 e. The molecule has 1 rings (SSSR count). The van der Waals surface area contributed by atoms with Crippen LogP contribution in [-0.2, 0) is 4.79 Å². The van der Waals surface area contributed by atoms with Crippen LogP contribution in [0.2, 0.25) is 0 Å². The summed E-state index contributed by atoms with van der Waals surface area (Å²) in [5.41, 5.74) is 5.39. The Morgan fingerprint density at radius 3 is 2.21 bits per heavy atom. The standard InChI is InChI=1S/C16H23F3N2O3/c1-15(2,9-20)10-21(3)14(22)8-23-12-6-4-5-7-13(12)24-11-16(17,18)19/h4-7H,8-11,20H2,1-3H3. The summed E-state index contributed by atoms with van der Waals surface area (Å²) in [5.74, 6) is -0.281. The van der Waals surface area contributed by atoms with Crippen molar-refractivity contribution < 1.29 is 27.4 Å². The lowest BCUT2D eigenvalue weighted by molar-refractivity contribution is -0.153. The van der Waals surface area contributed by atoms with Gasteiger partial charge in [0.05, 0.1) is 0 Å². The Morgan fingerprint density at radius 2 is 1.71 bits per heavy atom. The van der Waals surface area contributed by atoms with Crippen molar-refractivity contribution in [2.45, 2.75) is 20.0 Å². The number of likely N-dealkylation sites (N-methyl/N-ethyl adjacent to an activating group) is 1. The number of hydrogen-bond donors (Lipinski definition) is 1. The Bertz CT molecular complexity index is 548. The van der Waals surface area contributed by atoms with Gasteiger partial charge in [-0.3, -0.25) is 4.79 Å². The zero-order chi connectivity index (χ0) is 18.4. The van der Waals surface area contributed by atoms with Crippen LogP contribution in [0.4, 0.5) is 13.2 Å². The van der Waals surface area contributed by atoms with Crippen molar-refractivity contribution in [3.8, 4) is 11.5 Å². The number of benzene rings is 1. The minimum absolute atomic E-state index is 0.0624. The lowest BCUT2D eigenvalue weighted by Crippen LogP contribution is -2.41. The van der Waals surface area contributed by atoms with E-state index in [0.29, 0.717) is 13.1 Å². The van der Waals surface area contributed by atoms with Gasteiger partial charge in [-0.1, -0.05) is 26.0 Å². The average molecular weight is 348 g/mol. The largest absolute Gasteiger partial charge is 0.480 e. The lowest BCUT2D eigenvalue weighted by Gasteiger charge is -2.29. The summed E-state index contributed by atoms with van der Waals surface area (Å²) >= 11 is 0. The van der Waals surface area contributed by atoms with Crippen LogP contribution < -0.4 is 15.2 Å². The van der Waals surface area contributed by atoms with Crippen molar-refractivity contribution in [1.29, 1.82) is 0 Å². The zero-order valence-corrected chi connectivity index (χ0v) is 14.0. The highest BCUT2D eigenvalue weighted by Crippen LogP contribution is 2.28. The van der Waals surface area contributed by atoms with Crippen molar-refractivity contribution in [2.75, 3.05) is 33.4 Å². The number of para-hydroxylation sites is 2. The number of halogens is 3. The minimum atomic E-state index is -4.45. The number of hydrogen-bond acceptors (Lipinski definition) is 4. The Morgan fingerprint density at radius 1 is 1.17 bits per heavy atom. The van der Waals surface area contributed by atoms with Crippen LogP contribution in [0.3, 0.4) is 0 Å². The fraction of sp³-hybridized carbons (Fsp3) is 0.562. The number of nitrogens with two attached hydrogens (primary N) is 1. The first-order valence-electron chi connectivity index (χ1n) is 7.39. The molecule has 0 unspecified atom stereocenters. The van der Waals surface area contributed by atoms with Gasteiger partial charge in [0.15, 0.2) is 24.7 Å². The highest BCUT2D eigenvalue weighted by Gasteiger charge is 2.29. The molecule has 0 aliphatic heterocycles. The van der Waals surface area contributed by atoms with Gasteiger partial charge in [-0.05, 0) is 24.1 Å². The van der Waals surface area contributed by atoms with Crippen molar-refractivity contribution in [1.82, 2.24) is 4.90 Å². The molecule has 0 aliphatic rings. The summed E-state index contributed by atoms with van der Waals surface area (Å²) in [6, 6.07) is 5.91. The quantitative estimate of drug-likeness (QED) is 0.784. The molecule has 2 N–H and O–H groups in total. The smallest absolute Gasteiger partial charge is 0.422 e. The summed E-state index contributed by atoms with van der Waals surface area (Å²) in [5, 5.41) is 0. The Kier molecular flexibility index (Phi) is 6.89. The molecule has 0 aliphatic carbocycles. The first kappa shape index (κ1) is 20.1. The molecule has 0 radical (unpaired) electrons. The fourth-order valence-corrected chi connectivity index (χ4v) is 1.89. The minimum Gasteiger partial charge on any atom is -0.480 e. The van der Waals surface area contributed by atoms with Gasteiger partial charge in [-0.25, -0.2) is 0 Å². The van der Waals surface area contributed by atoms with Crippen molar-refractivity contribution in [3.63, 3.8) is 0 Å². The molecule has 8 heteroatoms. The second-order valence-electron chi connectivity index (χ2n) is 6.26. The third kappa shape index (κ3) is 7.08. The van der Waals surface area contributed by atoms with Crippen LogP contribution in [0.5, 0.6) is 11.5 Å². The van der Waals surface area contributed by atoms with Gasteiger partial charge in [0.2, 0.25) is 0 Å². The van der Waals surface area contributed by atoms with E-state index in [1.54, 1.807) is 13.1 Å². The fourth-order valence-electron chi connectivity index (χ4n) is 1.89. The summed E-state index contributed by atoms with van der Waals surface area (Å²) in [6.45, 7) is 2.99. The maximum atomic E-state index is 12.2. The number of rotatable bonds is 8. The Balaban J connectivity index is 2.62. The molecule has 1 aromatic carbocycles. The van der Waals surface area contributed by atoms with E-state index in [9.17, 15) is 18.0 Å². The predicted molar refractivity (Wildman–Crippen MR) is 84.0 cm³/mol. The average Bonchev–Trinajstić information content (AvgIpc) is 2.50. The second-order valence-corrected chi connectivity index (χ2v) is 6.26. The first-order chi connectivity index (χ1) is 11.0. The van der Waals surface area contributed by atoms with Crippen LogP contribution in [0.1, 0.15) is 13.8 Å². The first-order valence-corrected chi connectivity index (χ1v) is 7.39. The zero-order valence-electron chi connectivity index (χ0n) is 14.0. The molecule has 1 aromatic rings. The number of nitrogens with zero attached hydrogens (tertiary/aromatic N) is 1. The van der Waals surface area contributed by atoms with E-state index < -0.39 is 12.8 Å². The summed E-state index contributed by atoms with van der Waals surface area (Å²) in [6.07, 6.45) is -4.45. The van der Waals surface area contributed by atoms with E-state index in [0.717, 1.165) is 0 Å². The van der Waals surface area contributed by atoms with E-state index in [1.807, 2.05) is 13.8 Å². The lowest BCUT2D eigenvalue weighted by atomic mass is 9.93. The van der Waals surface area contributed by atoms with E-state index in [4.69, 9.17) is 15.2 Å². The predicted octanol–water partition coefficient (Wildman–Crippen LogP) is 2.45. The molecule has 0 bridgehead atoms. The van der Waals surface area contributed by atoms with Gasteiger partial charge < -0.3 is 20.1 Å². The van der Waals surface area contributed by atoms with Crippen LogP contribution in [0, 0.1) is 5.41 Å². The van der Waals surface area contributed by atoms with E-state index in [1.165, 1.54) is 23.1 Å². The molecule has 5 nitrogen and oxygen atoms in total. The van der Waals surface area contributed by atoms with Gasteiger partial charge in [0, 0.05) is 13.6 Å². The molecular weight excluding hydrogens is 325 g/mol. The molecule has 0 heterocycles. The molecular formula is C16H23F3N2O3. The maximum absolute atomic E-state index is 12.2. The number of carbonyl (C=O) groups excluding carboxylic acids is 1. The Hall–Kier alpha value is -1.96. The van der Waals surface area contributed by atoms with Crippen LogP contribution >= 0.6 is 0 Å². The molecule has 0 fully saturated rings. The molecule has 136 valence electrons. The summed E-state index contributed by atoms with van der Waals surface area (Å²) in [7, 11) is 1.62. The second kappa shape index (κ2) is 8.23. The normalized spacial score (nSPS) is 12.0. The van der Waals surface area contributed by atoms with Crippen LogP contribution in [0.25, 0.3) is 0 Å². The number of carbonyl (C=O) groups is 1. The number of amides is 1. The molecule has 1 amide bonds. The molecule has 0 atom stereocenters. The summed E-state index contributed by atoms with van der Waals surface area (Å²) < 4.78 is 46.8.